The lowest BCUT2D eigenvalue weighted by molar-refractivity contribution is -0.144. The van der Waals surface area contributed by atoms with Gasteiger partial charge in [0.1, 0.15) is 0 Å². The van der Waals surface area contributed by atoms with E-state index < -0.39 is 5.97 Å². The fourth-order valence-corrected chi connectivity index (χ4v) is 2.41. The molecule has 0 radical (unpaired) electrons. The monoisotopic (exact) mass is 183 g/mol. The Hall–Kier alpha value is -1.06. The van der Waals surface area contributed by atoms with E-state index in [4.69, 9.17) is 5.11 Å². The minimum atomic E-state index is -0.748. The number of carbonyl (C=O) groups is 2. The number of carbonyl (C=O) groups excluding carboxylic acids is 1. The average Bonchev–Trinajstić information content (AvgIpc) is 2.48. The molecule has 0 aromatic rings. The van der Waals surface area contributed by atoms with Crippen LogP contribution in [0, 0.1) is 5.92 Å². The first-order valence-electron chi connectivity index (χ1n) is 4.72. The maximum atomic E-state index is 11.4. The van der Waals surface area contributed by atoms with Crippen LogP contribution in [0.15, 0.2) is 0 Å². The first-order chi connectivity index (χ1) is 6.20. The number of rotatable bonds is 1. The highest BCUT2D eigenvalue weighted by Gasteiger charge is 2.42. The quantitative estimate of drug-likeness (QED) is 0.643. The number of amides is 1. The van der Waals surface area contributed by atoms with Gasteiger partial charge in [0, 0.05) is 19.0 Å². The van der Waals surface area contributed by atoms with Crippen LogP contribution < -0.4 is 0 Å². The number of piperidine rings is 1. The number of hydrogen-bond donors (Lipinski definition) is 1. The zero-order chi connectivity index (χ0) is 9.42. The zero-order valence-corrected chi connectivity index (χ0v) is 7.40. The highest BCUT2D eigenvalue weighted by atomic mass is 16.4. The van der Waals surface area contributed by atoms with Gasteiger partial charge in [-0.2, -0.15) is 0 Å². The van der Waals surface area contributed by atoms with Crippen molar-refractivity contribution in [3.05, 3.63) is 0 Å². The molecule has 4 nitrogen and oxygen atoms in total. The zero-order valence-electron chi connectivity index (χ0n) is 7.40. The van der Waals surface area contributed by atoms with Crippen molar-refractivity contribution in [3.8, 4) is 0 Å². The molecule has 0 bridgehead atoms. The molecule has 1 N–H and O–H groups in total. The summed E-state index contributed by atoms with van der Waals surface area (Å²) in [6.07, 6.45) is 2.95. The van der Waals surface area contributed by atoms with E-state index in [9.17, 15) is 9.59 Å². The molecule has 4 heteroatoms. The lowest BCUT2D eigenvalue weighted by atomic mass is 9.93. The fraction of sp³-hybridized carbons (Fsp3) is 0.778. The van der Waals surface area contributed by atoms with Crippen LogP contribution >= 0.6 is 0 Å². The third-order valence-corrected chi connectivity index (χ3v) is 3.07. The Morgan fingerprint density at radius 3 is 2.92 bits per heavy atom. The smallest absolute Gasteiger partial charge is 0.308 e. The summed E-state index contributed by atoms with van der Waals surface area (Å²) >= 11 is 0. The number of aliphatic carboxylic acids is 1. The SMILES string of the molecule is O=C(O)C1CCN2C(=O)CCCC12. The number of carboxylic acid groups (broad SMARTS) is 1. The van der Waals surface area contributed by atoms with E-state index in [-0.39, 0.29) is 17.9 Å². The second-order valence-corrected chi connectivity index (χ2v) is 3.78. The molecule has 2 saturated heterocycles. The number of carboxylic acids is 1. The van der Waals surface area contributed by atoms with Crippen molar-refractivity contribution in [1.29, 1.82) is 0 Å². The largest absolute Gasteiger partial charge is 0.481 e. The third kappa shape index (κ3) is 1.30. The van der Waals surface area contributed by atoms with E-state index in [1.807, 2.05) is 0 Å². The lowest BCUT2D eigenvalue weighted by Crippen LogP contribution is -2.42. The molecule has 2 unspecified atom stereocenters. The second kappa shape index (κ2) is 3.01. The first-order valence-corrected chi connectivity index (χ1v) is 4.72. The van der Waals surface area contributed by atoms with Gasteiger partial charge >= 0.3 is 5.97 Å². The normalized spacial score (nSPS) is 33.2. The van der Waals surface area contributed by atoms with E-state index >= 15 is 0 Å². The van der Waals surface area contributed by atoms with Crippen molar-refractivity contribution >= 4 is 11.9 Å². The van der Waals surface area contributed by atoms with Gasteiger partial charge in [0.05, 0.1) is 5.92 Å². The van der Waals surface area contributed by atoms with Crippen LogP contribution in [-0.4, -0.2) is 34.5 Å². The molecular formula is C9H13NO3. The molecule has 0 aliphatic carbocycles. The van der Waals surface area contributed by atoms with E-state index in [1.165, 1.54) is 0 Å². The summed E-state index contributed by atoms with van der Waals surface area (Å²) in [6.45, 7) is 0.639. The molecule has 2 aliphatic heterocycles. The molecule has 0 spiro atoms. The van der Waals surface area contributed by atoms with Gasteiger partial charge in [-0.25, -0.2) is 0 Å². The van der Waals surface area contributed by atoms with Crippen LogP contribution in [0.25, 0.3) is 0 Å². The van der Waals surface area contributed by atoms with Gasteiger partial charge in [0.15, 0.2) is 0 Å². The third-order valence-electron chi connectivity index (χ3n) is 3.07. The molecule has 13 heavy (non-hydrogen) atoms. The van der Waals surface area contributed by atoms with Gasteiger partial charge in [-0.1, -0.05) is 0 Å². The predicted octanol–water partition coefficient (Wildman–Crippen LogP) is 0.472. The molecule has 1 amide bonds. The highest BCUT2D eigenvalue weighted by Crippen LogP contribution is 2.32. The summed E-state index contributed by atoms with van der Waals surface area (Å²) in [7, 11) is 0. The van der Waals surface area contributed by atoms with Crippen molar-refractivity contribution in [2.75, 3.05) is 6.54 Å². The van der Waals surface area contributed by atoms with Crippen LogP contribution in [-0.2, 0) is 9.59 Å². The van der Waals surface area contributed by atoms with Crippen LogP contribution in [0.2, 0.25) is 0 Å². The molecule has 2 fully saturated rings. The van der Waals surface area contributed by atoms with Gasteiger partial charge in [-0.05, 0) is 19.3 Å². The van der Waals surface area contributed by atoms with Crippen LogP contribution in [0.5, 0.6) is 0 Å². The van der Waals surface area contributed by atoms with Crippen molar-refractivity contribution < 1.29 is 14.7 Å². The molecule has 2 heterocycles. The first kappa shape index (κ1) is 8.53. The Morgan fingerprint density at radius 2 is 2.23 bits per heavy atom. The molecular weight excluding hydrogens is 170 g/mol. The van der Waals surface area contributed by atoms with E-state index in [2.05, 4.69) is 0 Å². The van der Waals surface area contributed by atoms with Crippen molar-refractivity contribution in [2.45, 2.75) is 31.7 Å². The summed E-state index contributed by atoms with van der Waals surface area (Å²) in [6, 6.07) is -0.0150. The van der Waals surface area contributed by atoms with Gasteiger partial charge < -0.3 is 10.0 Å². The Bertz CT molecular complexity index is 245. The summed E-state index contributed by atoms with van der Waals surface area (Å²) in [5, 5.41) is 8.90. The second-order valence-electron chi connectivity index (χ2n) is 3.78. The fourth-order valence-electron chi connectivity index (χ4n) is 2.41. The highest BCUT2D eigenvalue weighted by molar-refractivity contribution is 5.80. The predicted molar refractivity (Wildman–Crippen MR) is 45.1 cm³/mol. The molecule has 2 rings (SSSR count). The summed E-state index contributed by atoms with van der Waals surface area (Å²) in [5.74, 6) is -0.925. The Morgan fingerprint density at radius 1 is 1.46 bits per heavy atom. The van der Waals surface area contributed by atoms with Crippen LogP contribution in [0.4, 0.5) is 0 Å². The Balaban J connectivity index is 2.14. The summed E-state index contributed by atoms with van der Waals surface area (Å²) in [5.41, 5.74) is 0. The van der Waals surface area contributed by atoms with Gasteiger partial charge in [0.25, 0.3) is 0 Å². The van der Waals surface area contributed by atoms with Crippen molar-refractivity contribution in [3.63, 3.8) is 0 Å². The standard InChI is InChI=1S/C9H13NO3/c11-8-3-1-2-7-6(9(12)13)4-5-10(7)8/h6-7H,1-5H2,(H,12,13). The summed E-state index contributed by atoms with van der Waals surface area (Å²) in [4.78, 5) is 24.0. The van der Waals surface area contributed by atoms with E-state index in [1.54, 1.807) is 4.90 Å². The summed E-state index contributed by atoms with van der Waals surface area (Å²) < 4.78 is 0. The molecule has 0 saturated carbocycles. The van der Waals surface area contributed by atoms with Gasteiger partial charge in [-0.15, -0.1) is 0 Å². The number of nitrogens with zero attached hydrogens (tertiary/aromatic N) is 1. The Kier molecular flexibility index (Phi) is 1.98. The molecule has 72 valence electrons. The van der Waals surface area contributed by atoms with E-state index in [0.29, 0.717) is 19.4 Å². The molecule has 0 aromatic carbocycles. The van der Waals surface area contributed by atoms with Crippen molar-refractivity contribution in [1.82, 2.24) is 4.90 Å². The molecule has 2 aliphatic rings. The maximum Gasteiger partial charge on any atom is 0.308 e. The molecule has 0 aromatic heterocycles. The van der Waals surface area contributed by atoms with Crippen LogP contribution in [0.3, 0.4) is 0 Å². The minimum Gasteiger partial charge on any atom is -0.481 e. The van der Waals surface area contributed by atoms with Gasteiger partial charge in [-0.3, -0.25) is 9.59 Å². The Labute approximate surface area is 76.5 Å². The maximum absolute atomic E-state index is 11.4. The van der Waals surface area contributed by atoms with Crippen molar-refractivity contribution in [2.24, 2.45) is 5.92 Å². The van der Waals surface area contributed by atoms with Crippen LogP contribution in [0.1, 0.15) is 25.7 Å². The topological polar surface area (TPSA) is 57.6 Å². The average molecular weight is 183 g/mol. The van der Waals surface area contributed by atoms with E-state index in [0.717, 1.165) is 12.8 Å². The van der Waals surface area contributed by atoms with Gasteiger partial charge in [0.2, 0.25) is 5.91 Å². The number of fused-ring (bicyclic) bond motifs is 1. The molecule has 2 atom stereocenters. The number of hydrogen-bond acceptors (Lipinski definition) is 2. The lowest BCUT2D eigenvalue weighted by Gasteiger charge is -2.30. The minimum absolute atomic E-state index is 0.0150.